The van der Waals surface area contributed by atoms with Crippen molar-refractivity contribution >= 4 is 12.0 Å². The molecule has 1 aromatic rings. The average molecular weight is 366 g/mol. The number of ether oxygens (including phenoxy) is 2. The lowest BCUT2D eigenvalue weighted by Gasteiger charge is -2.25. The third kappa shape index (κ3) is 7.21. The van der Waals surface area contributed by atoms with Crippen LogP contribution in [0.2, 0.25) is 0 Å². The Labute approximate surface area is 155 Å². The number of phenols is 1. The molecule has 0 bridgehead atoms. The fraction of sp³-hybridized carbons (Fsp3) is 0.579. The van der Waals surface area contributed by atoms with Gasteiger partial charge in [-0.2, -0.15) is 0 Å². The molecule has 7 heteroatoms. The molecule has 1 atom stereocenters. The van der Waals surface area contributed by atoms with Crippen LogP contribution >= 0.6 is 0 Å². The van der Waals surface area contributed by atoms with Gasteiger partial charge in [0.1, 0.15) is 11.6 Å². The molecular weight excluding hydrogens is 336 g/mol. The Morgan fingerprint density at radius 2 is 1.88 bits per heavy atom. The van der Waals surface area contributed by atoms with Crippen molar-refractivity contribution in [1.82, 2.24) is 10.6 Å². The molecular formula is C19H30N2O5. The largest absolute Gasteiger partial charge is 0.504 e. The van der Waals surface area contributed by atoms with E-state index in [9.17, 15) is 14.7 Å². The van der Waals surface area contributed by atoms with Gasteiger partial charge in [-0.15, -0.1) is 0 Å². The lowest BCUT2D eigenvalue weighted by Crippen LogP contribution is -2.51. The Kier molecular flexibility index (Phi) is 7.74. The summed E-state index contributed by atoms with van der Waals surface area (Å²) >= 11 is 0. The van der Waals surface area contributed by atoms with Gasteiger partial charge in [0, 0.05) is 6.54 Å². The molecule has 0 fully saturated rings. The summed E-state index contributed by atoms with van der Waals surface area (Å²) in [6, 6.07) is 4.36. The fourth-order valence-electron chi connectivity index (χ4n) is 2.29. The minimum Gasteiger partial charge on any atom is -0.504 e. The van der Waals surface area contributed by atoms with Gasteiger partial charge < -0.3 is 25.2 Å². The standard InChI is InChI=1S/C19H30N2O5/c1-12(2)16(21-18(24)26-19(3,4)5)17(23)20-10-9-13-7-8-14(22)15(11-13)25-6/h7-8,11-12,16,22H,9-10H2,1-6H3,(H,20,23)(H,21,24)/t16-/m0/s1. The van der Waals surface area contributed by atoms with Crippen molar-refractivity contribution in [3.05, 3.63) is 23.8 Å². The molecule has 2 amide bonds. The lowest BCUT2D eigenvalue weighted by atomic mass is 10.0. The van der Waals surface area contributed by atoms with Crippen LogP contribution in [0.4, 0.5) is 4.79 Å². The lowest BCUT2D eigenvalue weighted by molar-refractivity contribution is -0.124. The maximum absolute atomic E-state index is 12.4. The Morgan fingerprint density at radius 1 is 1.23 bits per heavy atom. The van der Waals surface area contributed by atoms with Crippen LogP contribution in [0.25, 0.3) is 0 Å². The number of methoxy groups -OCH3 is 1. The molecule has 0 aliphatic carbocycles. The summed E-state index contributed by atoms with van der Waals surface area (Å²) in [7, 11) is 1.48. The predicted octanol–water partition coefficient (Wildman–Crippen LogP) is 2.61. The average Bonchev–Trinajstić information content (AvgIpc) is 2.52. The number of benzene rings is 1. The molecule has 0 saturated carbocycles. The molecule has 0 radical (unpaired) electrons. The van der Waals surface area contributed by atoms with Crippen molar-refractivity contribution in [2.24, 2.45) is 5.92 Å². The zero-order chi connectivity index (χ0) is 19.9. The second kappa shape index (κ2) is 9.31. The molecule has 0 unspecified atom stereocenters. The first-order valence-electron chi connectivity index (χ1n) is 8.66. The highest BCUT2D eigenvalue weighted by Crippen LogP contribution is 2.26. The van der Waals surface area contributed by atoms with E-state index in [1.807, 2.05) is 13.8 Å². The van der Waals surface area contributed by atoms with E-state index < -0.39 is 17.7 Å². The van der Waals surface area contributed by atoms with Gasteiger partial charge in [-0.3, -0.25) is 4.79 Å². The minimum atomic E-state index is -0.681. The Morgan fingerprint density at radius 3 is 2.42 bits per heavy atom. The van der Waals surface area contributed by atoms with Crippen LogP contribution in [0, 0.1) is 5.92 Å². The van der Waals surface area contributed by atoms with Gasteiger partial charge in [-0.05, 0) is 50.8 Å². The monoisotopic (exact) mass is 366 g/mol. The second-order valence-corrected chi connectivity index (χ2v) is 7.42. The van der Waals surface area contributed by atoms with E-state index in [-0.39, 0.29) is 17.6 Å². The number of phenolic OH excluding ortho intramolecular Hbond substituents is 1. The molecule has 0 aromatic heterocycles. The molecule has 0 spiro atoms. The highest BCUT2D eigenvalue weighted by atomic mass is 16.6. The third-order valence-electron chi connectivity index (χ3n) is 3.58. The van der Waals surface area contributed by atoms with E-state index in [2.05, 4.69) is 10.6 Å². The molecule has 1 rings (SSSR count). The van der Waals surface area contributed by atoms with Gasteiger partial charge in [0.05, 0.1) is 7.11 Å². The molecule has 0 aliphatic heterocycles. The fourth-order valence-corrected chi connectivity index (χ4v) is 2.29. The zero-order valence-corrected chi connectivity index (χ0v) is 16.4. The molecule has 0 heterocycles. The topological polar surface area (TPSA) is 96.9 Å². The zero-order valence-electron chi connectivity index (χ0n) is 16.4. The number of nitrogens with one attached hydrogen (secondary N) is 2. The first-order chi connectivity index (χ1) is 12.0. The second-order valence-electron chi connectivity index (χ2n) is 7.42. The van der Waals surface area contributed by atoms with Gasteiger partial charge in [-0.25, -0.2) is 4.79 Å². The highest BCUT2D eigenvalue weighted by molar-refractivity contribution is 5.85. The van der Waals surface area contributed by atoms with Crippen LogP contribution in [0.3, 0.4) is 0 Å². The van der Waals surface area contributed by atoms with Crippen LogP contribution in [-0.4, -0.2) is 42.4 Å². The molecule has 26 heavy (non-hydrogen) atoms. The summed E-state index contributed by atoms with van der Waals surface area (Å²) in [6.07, 6.45) is -0.0470. The quantitative estimate of drug-likeness (QED) is 0.689. The van der Waals surface area contributed by atoms with E-state index in [0.29, 0.717) is 18.7 Å². The van der Waals surface area contributed by atoms with Crippen molar-refractivity contribution in [3.8, 4) is 11.5 Å². The van der Waals surface area contributed by atoms with Gasteiger partial charge in [0.2, 0.25) is 5.91 Å². The van der Waals surface area contributed by atoms with Crippen LogP contribution in [0.1, 0.15) is 40.2 Å². The van der Waals surface area contributed by atoms with Gasteiger partial charge >= 0.3 is 6.09 Å². The van der Waals surface area contributed by atoms with Gasteiger partial charge in [0.15, 0.2) is 11.5 Å². The van der Waals surface area contributed by atoms with E-state index in [1.54, 1.807) is 39.0 Å². The number of carbonyl (C=O) groups excluding carboxylic acids is 2. The Balaban J connectivity index is 2.58. The number of alkyl carbamates (subject to hydrolysis) is 1. The van der Waals surface area contributed by atoms with Crippen molar-refractivity contribution in [1.29, 1.82) is 0 Å². The maximum atomic E-state index is 12.4. The molecule has 1 aromatic carbocycles. The summed E-state index contributed by atoms with van der Waals surface area (Å²) < 4.78 is 10.3. The number of rotatable bonds is 7. The van der Waals surface area contributed by atoms with E-state index >= 15 is 0 Å². The van der Waals surface area contributed by atoms with Crippen LogP contribution in [0.15, 0.2) is 18.2 Å². The maximum Gasteiger partial charge on any atom is 0.408 e. The molecule has 146 valence electrons. The summed E-state index contributed by atoms with van der Waals surface area (Å²) in [5.74, 6) is 0.107. The number of hydrogen-bond donors (Lipinski definition) is 3. The van der Waals surface area contributed by atoms with Gasteiger partial charge in [-0.1, -0.05) is 19.9 Å². The predicted molar refractivity (Wildman–Crippen MR) is 99.4 cm³/mol. The number of aromatic hydroxyl groups is 1. The Bertz CT molecular complexity index is 623. The van der Waals surface area contributed by atoms with Gasteiger partial charge in [0.25, 0.3) is 0 Å². The number of amides is 2. The summed E-state index contributed by atoms with van der Waals surface area (Å²) in [5.41, 5.74) is 0.293. The van der Waals surface area contributed by atoms with E-state index in [0.717, 1.165) is 5.56 Å². The summed E-state index contributed by atoms with van der Waals surface area (Å²) in [6.45, 7) is 9.40. The van der Waals surface area contributed by atoms with Crippen molar-refractivity contribution in [2.45, 2.75) is 52.7 Å². The van der Waals surface area contributed by atoms with Crippen molar-refractivity contribution < 1.29 is 24.2 Å². The first kappa shape index (κ1) is 21.6. The van der Waals surface area contributed by atoms with Crippen molar-refractivity contribution in [2.75, 3.05) is 13.7 Å². The normalized spacial score (nSPS) is 12.4. The molecule has 0 aliphatic rings. The molecule has 7 nitrogen and oxygen atoms in total. The van der Waals surface area contributed by atoms with E-state index in [1.165, 1.54) is 7.11 Å². The van der Waals surface area contributed by atoms with Crippen molar-refractivity contribution in [3.63, 3.8) is 0 Å². The molecule has 3 N–H and O–H groups in total. The smallest absolute Gasteiger partial charge is 0.408 e. The molecule has 0 saturated heterocycles. The van der Waals surface area contributed by atoms with E-state index in [4.69, 9.17) is 9.47 Å². The third-order valence-corrected chi connectivity index (χ3v) is 3.58. The van der Waals surface area contributed by atoms with Crippen LogP contribution in [0.5, 0.6) is 11.5 Å². The Hall–Kier alpha value is -2.44. The van der Waals surface area contributed by atoms with Crippen LogP contribution < -0.4 is 15.4 Å². The van der Waals surface area contributed by atoms with Crippen LogP contribution in [-0.2, 0) is 16.0 Å². The first-order valence-corrected chi connectivity index (χ1v) is 8.66. The SMILES string of the molecule is COc1cc(CCNC(=O)[C@@H](NC(=O)OC(C)(C)C)C(C)C)ccc1O. The summed E-state index contributed by atoms with van der Waals surface area (Å²) in [5, 5.41) is 15.0. The highest BCUT2D eigenvalue weighted by Gasteiger charge is 2.26. The minimum absolute atomic E-state index is 0.0710. The number of carbonyl (C=O) groups is 2. The summed E-state index contributed by atoms with van der Waals surface area (Å²) in [4.78, 5) is 24.3. The number of hydrogen-bond acceptors (Lipinski definition) is 5.